The molecule has 1 fully saturated rings. The number of benzene rings is 1. The van der Waals surface area contributed by atoms with Crippen molar-refractivity contribution in [1.82, 2.24) is 14.3 Å². The van der Waals surface area contributed by atoms with Crippen molar-refractivity contribution in [2.75, 3.05) is 19.7 Å². The van der Waals surface area contributed by atoms with E-state index in [4.69, 9.17) is 4.74 Å². The van der Waals surface area contributed by atoms with Gasteiger partial charge in [0.2, 0.25) is 10.0 Å². The number of aryl methyl sites for hydroxylation is 1. The number of hydrogen-bond donors (Lipinski definition) is 0. The molecule has 23 heavy (non-hydrogen) atoms. The zero-order chi connectivity index (χ0) is 16.4. The highest BCUT2D eigenvalue weighted by atomic mass is 32.2. The van der Waals surface area contributed by atoms with Crippen LogP contribution in [-0.4, -0.2) is 42.4 Å². The highest BCUT2D eigenvalue weighted by Gasteiger charge is 2.32. The van der Waals surface area contributed by atoms with Gasteiger partial charge in [-0.1, -0.05) is 0 Å². The first-order valence-electron chi connectivity index (χ1n) is 7.14. The predicted molar refractivity (Wildman–Crippen MR) is 80.6 cm³/mol. The highest BCUT2D eigenvalue weighted by molar-refractivity contribution is 7.89. The van der Waals surface area contributed by atoms with Gasteiger partial charge in [0.25, 0.3) is 0 Å². The van der Waals surface area contributed by atoms with Gasteiger partial charge in [-0.3, -0.25) is 0 Å². The second-order valence-electron chi connectivity index (χ2n) is 5.21. The van der Waals surface area contributed by atoms with Gasteiger partial charge >= 0.3 is 0 Å². The Morgan fingerprint density at radius 3 is 2.70 bits per heavy atom. The van der Waals surface area contributed by atoms with E-state index < -0.39 is 21.9 Å². The van der Waals surface area contributed by atoms with Crippen molar-refractivity contribution >= 4 is 10.0 Å². The molecule has 1 atom stereocenters. The minimum atomic E-state index is -3.69. The van der Waals surface area contributed by atoms with Gasteiger partial charge in [0.15, 0.2) is 0 Å². The van der Waals surface area contributed by atoms with E-state index in [2.05, 4.69) is 9.97 Å². The minimum Gasteiger partial charge on any atom is -0.369 e. The van der Waals surface area contributed by atoms with Gasteiger partial charge < -0.3 is 4.74 Å². The molecule has 122 valence electrons. The molecule has 0 spiro atoms. The van der Waals surface area contributed by atoms with Crippen LogP contribution in [0, 0.1) is 12.7 Å². The van der Waals surface area contributed by atoms with E-state index in [0.29, 0.717) is 11.5 Å². The quantitative estimate of drug-likeness (QED) is 0.852. The predicted octanol–water partition coefficient (Wildman–Crippen LogP) is 1.69. The van der Waals surface area contributed by atoms with Crippen LogP contribution in [0.2, 0.25) is 0 Å². The van der Waals surface area contributed by atoms with Crippen LogP contribution in [0.3, 0.4) is 0 Å². The van der Waals surface area contributed by atoms with Crippen LogP contribution in [0.25, 0.3) is 0 Å². The summed E-state index contributed by atoms with van der Waals surface area (Å²) in [5.41, 5.74) is 0.650. The van der Waals surface area contributed by atoms with Crippen molar-refractivity contribution in [2.24, 2.45) is 0 Å². The summed E-state index contributed by atoms with van der Waals surface area (Å²) in [6.07, 6.45) is 1.18. The summed E-state index contributed by atoms with van der Waals surface area (Å²) < 4.78 is 45.3. The summed E-state index contributed by atoms with van der Waals surface area (Å²) >= 11 is 0. The van der Waals surface area contributed by atoms with Crippen molar-refractivity contribution in [3.63, 3.8) is 0 Å². The van der Waals surface area contributed by atoms with Crippen LogP contribution >= 0.6 is 0 Å². The van der Waals surface area contributed by atoms with E-state index in [9.17, 15) is 12.8 Å². The van der Waals surface area contributed by atoms with Crippen LogP contribution < -0.4 is 0 Å². The molecule has 0 saturated carbocycles. The van der Waals surface area contributed by atoms with Crippen LogP contribution in [0.5, 0.6) is 0 Å². The monoisotopic (exact) mass is 337 g/mol. The first-order valence-corrected chi connectivity index (χ1v) is 8.58. The first kappa shape index (κ1) is 16.0. The maximum absolute atomic E-state index is 13.0. The number of halogens is 1. The van der Waals surface area contributed by atoms with Gasteiger partial charge in [0, 0.05) is 19.3 Å². The van der Waals surface area contributed by atoms with Crippen LogP contribution in [-0.2, 0) is 14.8 Å². The van der Waals surface area contributed by atoms with Crippen molar-refractivity contribution in [2.45, 2.75) is 17.9 Å². The summed E-state index contributed by atoms with van der Waals surface area (Å²) in [6, 6.07) is 6.52. The molecular weight excluding hydrogens is 321 g/mol. The Labute approximate surface area is 134 Å². The number of morpholine rings is 1. The SMILES string of the molecule is Cc1nccc([C@@H]2CN(S(=O)(=O)c3ccc(F)cc3)CCO2)n1. The number of nitrogens with zero attached hydrogens (tertiary/aromatic N) is 3. The third-order valence-corrected chi connectivity index (χ3v) is 5.49. The molecule has 1 saturated heterocycles. The average molecular weight is 337 g/mol. The molecular formula is C15H16FN3O3S. The zero-order valence-corrected chi connectivity index (χ0v) is 13.3. The lowest BCUT2D eigenvalue weighted by Gasteiger charge is -2.31. The normalized spacial score (nSPS) is 19.7. The molecule has 0 aliphatic carbocycles. The van der Waals surface area contributed by atoms with E-state index in [1.807, 2.05) is 0 Å². The summed E-state index contributed by atoms with van der Waals surface area (Å²) in [4.78, 5) is 8.38. The number of rotatable bonds is 3. The van der Waals surface area contributed by atoms with E-state index in [-0.39, 0.29) is 24.6 Å². The fourth-order valence-corrected chi connectivity index (χ4v) is 3.86. The van der Waals surface area contributed by atoms with Gasteiger partial charge in [-0.15, -0.1) is 0 Å². The summed E-state index contributed by atoms with van der Waals surface area (Å²) in [7, 11) is -3.69. The zero-order valence-electron chi connectivity index (χ0n) is 12.5. The van der Waals surface area contributed by atoms with Gasteiger partial charge in [-0.25, -0.2) is 22.8 Å². The Bertz CT molecular complexity index is 796. The van der Waals surface area contributed by atoms with Gasteiger partial charge in [0.05, 0.1) is 17.2 Å². The minimum absolute atomic E-state index is 0.0680. The standard InChI is InChI=1S/C15H16FN3O3S/c1-11-17-7-6-14(18-11)15-10-19(8-9-22-15)23(20,21)13-4-2-12(16)3-5-13/h2-7,15H,8-10H2,1H3/t15-/m0/s1. The fourth-order valence-electron chi connectivity index (χ4n) is 2.43. The molecule has 0 radical (unpaired) electrons. The Morgan fingerprint density at radius 1 is 1.26 bits per heavy atom. The molecule has 1 aliphatic heterocycles. The second-order valence-corrected chi connectivity index (χ2v) is 7.14. The molecule has 0 amide bonds. The highest BCUT2D eigenvalue weighted by Crippen LogP contribution is 2.25. The molecule has 6 nitrogen and oxygen atoms in total. The maximum Gasteiger partial charge on any atom is 0.243 e. The lowest BCUT2D eigenvalue weighted by atomic mass is 10.2. The lowest BCUT2D eigenvalue weighted by molar-refractivity contribution is -0.00509. The van der Waals surface area contributed by atoms with Crippen molar-refractivity contribution in [1.29, 1.82) is 0 Å². The molecule has 8 heteroatoms. The maximum atomic E-state index is 13.0. The third-order valence-electron chi connectivity index (χ3n) is 3.61. The number of hydrogen-bond acceptors (Lipinski definition) is 5. The van der Waals surface area contributed by atoms with Crippen molar-refractivity contribution < 1.29 is 17.5 Å². The Balaban J connectivity index is 1.84. The summed E-state index contributed by atoms with van der Waals surface area (Å²) in [5.74, 6) is 0.130. The second kappa shape index (κ2) is 6.31. The van der Waals surface area contributed by atoms with E-state index in [1.54, 1.807) is 19.2 Å². The number of aromatic nitrogens is 2. The van der Waals surface area contributed by atoms with Crippen LogP contribution in [0.15, 0.2) is 41.4 Å². The molecule has 0 bridgehead atoms. The Morgan fingerprint density at radius 2 is 2.00 bits per heavy atom. The average Bonchev–Trinajstić information content (AvgIpc) is 2.55. The number of ether oxygens (including phenoxy) is 1. The van der Waals surface area contributed by atoms with Crippen molar-refractivity contribution in [3.05, 3.63) is 53.9 Å². The van der Waals surface area contributed by atoms with Gasteiger partial charge in [-0.2, -0.15) is 4.31 Å². The van der Waals surface area contributed by atoms with Crippen molar-refractivity contribution in [3.8, 4) is 0 Å². The topological polar surface area (TPSA) is 72.4 Å². The van der Waals surface area contributed by atoms with E-state index in [0.717, 1.165) is 12.1 Å². The molecule has 1 aromatic heterocycles. The molecule has 3 rings (SSSR count). The lowest BCUT2D eigenvalue weighted by Crippen LogP contribution is -2.42. The summed E-state index contributed by atoms with van der Waals surface area (Å²) in [5, 5.41) is 0. The van der Waals surface area contributed by atoms with E-state index in [1.165, 1.54) is 16.4 Å². The number of sulfonamides is 1. The van der Waals surface area contributed by atoms with Crippen LogP contribution in [0.1, 0.15) is 17.6 Å². The molecule has 2 heterocycles. The molecule has 1 aliphatic rings. The van der Waals surface area contributed by atoms with E-state index >= 15 is 0 Å². The molecule has 0 unspecified atom stereocenters. The smallest absolute Gasteiger partial charge is 0.243 e. The fraction of sp³-hybridized carbons (Fsp3) is 0.333. The molecule has 1 aromatic carbocycles. The largest absolute Gasteiger partial charge is 0.369 e. The summed E-state index contributed by atoms with van der Waals surface area (Å²) in [6.45, 7) is 2.45. The van der Waals surface area contributed by atoms with Crippen LogP contribution in [0.4, 0.5) is 4.39 Å². The Kier molecular flexibility index (Phi) is 4.38. The molecule has 2 aromatic rings. The van der Waals surface area contributed by atoms with Gasteiger partial charge in [0.1, 0.15) is 17.7 Å². The first-order chi connectivity index (χ1) is 11.0. The Hall–Kier alpha value is -1.90. The van der Waals surface area contributed by atoms with Gasteiger partial charge in [-0.05, 0) is 37.3 Å². The molecule has 0 N–H and O–H groups in total. The third kappa shape index (κ3) is 3.39.